The van der Waals surface area contributed by atoms with Crippen molar-refractivity contribution in [2.24, 2.45) is 5.73 Å². The van der Waals surface area contributed by atoms with Crippen molar-refractivity contribution in [2.45, 2.75) is 44.8 Å². The number of ether oxygens (including phenoxy) is 1. The van der Waals surface area contributed by atoms with Gasteiger partial charge < -0.3 is 25.6 Å². The van der Waals surface area contributed by atoms with Crippen molar-refractivity contribution in [1.29, 1.82) is 0 Å². The van der Waals surface area contributed by atoms with Gasteiger partial charge in [-0.15, -0.1) is 0 Å². The number of methoxy groups -OCH3 is 1. The van der Waals surface area contributed by atoms with Crippen LogP contribution in [-0.4, -0.2) is 70.2 Å². The first-order chi connectivity index (χ1) is 20.6. The molecule has 2 aromatic carbocycles. The number of fused-ring (bicyclic) bond motifs is 1. The molecule has 0 bridgehead atoms. The maximum Gasteiger partial charge on any atom is 0.331 e. The van der Waals surface area contributed by atoms with Crippen LogP contribution < -0.4 is 27.0 Å². The summed E-state index contributed by atoms with van der Waals surface area (Å²) >= 11 is 6.17. The number of likely N-dealkylation sites (tertiary alicyclic amines) is 1. The third kappa shape index (κ3) is 6.02. The quantitative estimate of drug-likeness (QED) is 0.422. The summed E-state index contributed by atoms with van der Waals surface area (Å²) in [5, 5.41) is 2.73. The minimum Gasteiger partial charge on any atom is -0.497 e. The van der Waals surface area contributed by atoms with Crippen molar-refractivity contribution in [3.05, 3.63) is 79.8 Å². The molecule has 0 aliphatic carbocycles. The highest BCUT2D eigenvalue weighted by atomic mass is 35.5. The van der Waals surface area contributed by atoms with Crippen LogP contribution in [-0.2, 0) is 17.8 Å². The zero-order chi connectivity index (χ0) is 30.8. The van der Waals surface area contributed by atoms with Crippen LogP contribution in [0.4, 0.5) is 14.9 Å². The van der Waals surface area contributed by atoms with E-state index in [9.17, 15) is 23.6 Å². The van der Waals surface area contributed by atoms with Crippen LogP contribution in [0.15, 0.2) is 52.2 Å². The summed E-state index contributed by atoms with van der Waals surface area (Å²) in [6, 6.07) is 8.72. The fourth-order valence-electron chi connectivity index (χ4n) is 5.70. The number of hydrogen-bond acceptors (Lipinski definition) is 6. The van der Waals surface area contributed by atoms with Crippen molar-refractivity contribution >= 4 is 29.2 Å². The van der Waals surface area contributed by atoms with Crippen molar-refractivity contribution in [1.82, 2.24) is 18.9 Å². The Bertz CT molecular complexity index is 1670. The Balaban J connectivity index is 1.32. The van der Waals surface area contributed by atoms with Crippen molar-refractivity contribution in [3.8, 4) is 16.9 Å². The Morgan fingerprint density at radius 3 is 2.58 bits per heavy atom. The van der Waals surface area contributed by atoms with Gasteiger partial charge in [0.1, 0.15) is 18.1 Å². The van der Waals surface area contributed by atoms with Crippen molar-refractivity contribution in [3.63, 3.8) is 0 Å². The van der Waals surface area contributed by atoms with Crippen LogP contribution in [0.1, 0.15) is 31.4 Å². The molecule has 1 aromatic heterocycles. The Kier molecular flexibility index (Phi) is 8.88. The van der Waals surface area contributed by atoms with Crippen LogP contribution in [0.5, 0.6) is 5.75 Å². The molecule has 1 atom stereocenters. The van der Waals surface area contributed by atoms with Gasteiger partial charge in [-0.3, -0.25) is 18.7 Å². The molecule has 13 heteroatoms. The van der Waals surface area contributed by atoms with Gasteiger partial charge in [0.2, 0.25) is 5.91 Å². The first-order valence-corrected chi connectivity index (χ1v) is 14.5. The smallest absolute Gasteiger partial charge is 0.331 e. The second-order valence-corrected chi connectivity index (χ2v) is 11.2. The molecule has 1 fully saturated rings. The summed E-state index contributed by atoms with van der Waals surface area (Å²) in [4.78, 5) is 56.6. The molecule has 0 radical (unpaired) electrons. The number of benzene rings is 2. The first kappa shape index (κ1) is 30.3. The highest BCUT2D eigenvalue weighted by molar-refractivity contribution is 6.33. The molecule has 5 rings (SSSR count). The van der Waals surface area contributed by atoms with Crippen LogP contribution in [0, 0.1) is 5.82 Å². The third-order valence-electron chi connectivity index (χ3n) is 8.21. The van der Waals surface area contributed by atoms with E-state index in [4.69, 9.17) is 22.1 Å². The van der Waals surface area contributed by atoms with Crippen molar-refractivity contribution < 1.29 is 18.7 Å². The average molecular weight is 613 g/mol. The Morgan fingerprint density at radius 1 is 1.14 bits per heavy atom. The lowest BCUT2D eigenvalue weighted by molar-refractivity contribution is -0.133. The maximum atomic E-state index is 14.2. The Hall–Kier alpha value is -4.16. The predicted molar refractivity (Wildman–Crippen MR) is 161 cm³/mol. The lowest BCUT2D eigenvalue weighted by Crippen LogP contribution is -2.51. The van der Waals surface area contributed by atoms with Gasteiger partial charge >= 0.3 is 11.7 Å². The second-order valence-electron chi connectivity index (χ2n) is 10.8. The molecule has 3 aromatic rings. The molecule has 2 aliphatic rings. The van der Waals surface area contributed by atoms with Crippen LogP contribution in [0.2, 0.25) is 5.02 Å². The molecule has 43 heavy (non-hydrogen) atoms. The van der Waals surface area contributed by atoms with Crippen LogP contribution in [0.3, 0.4) is 0 Å². The van der Waals surface area contributed by atoms with Gasteiger partial charge in [-0.1, -0.05) is 23.7 Å². The maximum absolute atomic E-state index is 14.2. The monoisotopic (exact) mass is 612 g/mol. The van der Waals surface area contributed by atoms with Crippen molar-refractivity contribution in [2.75, 3.05) is 38.6 Å². The fraction of sp³-hybridized carbons (Fsp3) is 0.400. The van der Waals surface area contributed by atoms with E-state index in [-0.39, 0.29) is 47.2 Å². The van der Waals surface area contributed by atoms with E-state index in [1.54, 1.807) is 18.9 Å². The molecule has 3 N–H and O–H groups in total. The molecule has 2 aliphatic heterocycles. The molecule has 0 spiro atoms. The molecule has 1 saturated heterocycles. The number of anilines is 1. The van der Waals surface area contributed by atoms with E-state index in [2.05, 4.69) is 5.32 Å². The van der Waals surface area contributed by atoms with Gasteiger partial charge in [-0.05, 0) is 56.0 Å². The molecule has 3 heterocycles. The molecule has 11 nitrogen and oxygen atoms in total. The summed E-state index contributed by atoms with van der Waals surface area (Å²) in [5.41, 5.74) is 6.27. The number of rotatable bonds is 7. The zero-order valence-corrected chi connectivity index (χ0v) is 24.8. The van der Waals surface area contributed by atoms with Crippen LogP contribution >= 0.6 is 11.6 Å². The van der Waals surface area contributed by atoms with E-state index in [0.717, 1.165) is 26.1 Å². The molecule has 3 amide bonds. The summed E-state index contributed by atoms with van der Waals surface area (Å²) in [7, 11) is 1.60. The van der Waals surface area contributed by atoms with Crippen LogP contribution in [0.25, 0.3) is 11.1 Å². The van der Waals surface area contributed by atoms with E-state index < -0.39 is 23.1 Å². The number of urea groups is 1. The molecular weight excluding hydrogens is 579 g/mol. The van der Waals surface area contributed by atoms with Gasteiger partial charge in [0.15, 0.2) is 0 Å². The number of halogens is 2. The number of aromatic nitrogens is 2. The minimum absolute atomic E-state index is 0.000351. The normalized spacial score (nSPS) is 16.3. The SMILES string of the molecule is COc1ccc2c(c1)CCN(C1CCN(C(=O)Cn3cc(-c4cccc(F)c4Cl)c(=O)n([C@@H](C)CN)c3=O)CC1)C(=O)N2. The lowest BCUT2D eigenvalue weighted by atomic mass is 10.0. The molecule has 228 valence electrons. The summed E-state index contributed by atoms with van der Waals surface area (Å²) in [5.74, 6) is -0.302. The van der Waals surface area contributed by atoms with E-state index >= 15 is 0 Å². The fourth-order valence-corrected chi connectivity index (χ4v) is 5.93. The van der Waals surface area contributed by atoms with Gasteiger partial charge in [0.05, 0.1) is 23.7 Å². The van der Waals surface area contributed by atoms with Gasteiger partial charge in [0.25, 0.3) is 5.56 Å². The van der Waals surface area contributed by atoms with E-state index in [1.807, 2.05) is 23.1 Å². The topological polar surface area (TPSA) is 132 Å². The lowest BCUT2D eigenvalue weighted by Gasteiger charge is -2.38. The largest absolute Gasteiger partial charge is 0.497 e. The van der Waals surface area contributed by atoms with E-state index in [1.165, 1.54) is 24.4 Å². The number of piperidine rings is 1. The number of nitrogens with two attached hydrogens (primary N) is 1. The molecule has 0 saturated carbocycles. The standard InChI is InChI=1S/C30H34ClFN6O5/c1-18(15-33)38-28(40)23(22-4-3-5-24(32)27(22)31)16-36(30(38)42)17-26(39)35-11-9-20(10-12-35)37-13-8-19-14-21(43-2)6-7-25(19)34-29(37)41/h3-7,14,16,18,20H,8-13,15,17,33H2,1-2H3,(H,34,41)/t18-/m0/s1. The summed E-state index contributed by atoms with van der Waals surface area (Å²) < 4.78 is 21.7. The number of hydrogen-bond donors (Lipinski definition) is 2. The first-order valence-electron chi connectivity index (χ1n) is 14.2. The highest BCUT2D eigenvalue weighted by Gasteiger charge is 2.32. The van der Waals surface area contributed by atoms with Gasteiger partial charge in [-0.2, -0.15) is 0 Å². The van der Waals surface area contributed by atoms with E-state index in [0.29, 0.717) is 38.9 Å². The predicted octanol–water partition coefficient (Wildman–Crippen LogP) is 3.08. The number of nitrogens with one attached hydrogen (secondary N) is 1. The Labute approximate surface area is 252 Å². The molecular formula is C30H34ClFN6O5. The number of nitrogens with zero attached hydrogens (tertiary/aromatic N) is 4. The second kappa shape index (κ2) is 12.6. The zero-order valence-electron chi connectivity index (χ0n) is 24.0. The highest BCUT2D eigenvalue weighted by Crippen LogP contribution is 2.29. The molecule has 0 unspecified atom stereocenters. The average Bonchev–Trinajstić information content (AvgIpc) is 3.17. The minimum atomic E-state index is -0.713. The number of amides is 3. The third-order valence-corrected chi connectivity index (χ3v) is 8.59. The summed E-state index contributed by atoms with van der Waals surface area (Å²) in [6.45, 7) is 2.60. The summed E-state index contributed by atoms with van der Waals surface area (Å²) in [6.07, 6.45) is 3.06. The van der Waals surface area contributed by atoms with Gasteiger partial charge in [-0.25, -0.2) is 14.0 Å². The van der Waals surface area contributed by atoms with Gasteiger partial charge in [0, 0.05) is 49.7 Å². The Morgan fingerprint density at radius 2 is 1.88 bits per heavy atom. The number of carbonyl (C=O) groups excluding carboxylic acids is 2. The number of carbonyl (C=O) groups is 2.